The summed E-state index contributed by atoms with van der Waals surface area (Å²) in [5, 5.41) is 0. The van der Waals surface area contributed by atoms with E-state index in [1.54, 1.807) is 4.90 Å². The summed E-state index contributed by atoms with van der Waals surface area (Å²) in [4.78, 5) is 40.5. The molecule has 1 atom stereocenters. The summed E-state index contributed by atoms with van der Waals surface area (Å²) >= 11 is 0. The molecule has 0 unspecified atom stereocenters. The summed E-state index contributed by atoms with van der Waals surface area (Å²) in [6, 6.07) is 7.01. The van der Waals surface area contributed by atoms with Gasteiger partial charge in [0.05, 0.1) is 0 Å². The molecule has 1 fully saturated rings. The van der Waals surface area contributed by atoms with Crippen LogP contribution in [0.15, 0.2) is 24.3 Å². The predicted octanol–water partition coefficient (Wildman–Crippen LogP) is 2.14. The van der Waals surface area contributed by atoms with Crippen molar-refractivity contribution in [3.8, 4) is 0 Å². The Morgan fingerprint density at radius 1 is 1.15 bits per heavy atom. The molecule has 1 aliphatic rings. The van der Waals surface area contributed by atoms with E-state index in [0.29, 0.717) is 0 Å². The summed E-state index contributed by atoms with van der Waals surface area (Å²) < 4.78 is 5.30. The average Bonchev–Trinajstić information content (AvgIpc) is 2.56. The molecule has 142 valence electrons. The highest BCUT2D eigenvalue weighted by Crippen LogP contribution is 2.21. The molecule has 0 aliphatic carbocycles. The molecule has 0 N–H and O–H groups in total. The number of amides is 2. The smallest absolute Gasteiger partial charge is 0.326 e. The van der Waals surface area contributed by atoms with Gasteiger partial charge in [-0.05, 0) is 32.3 Å². The van der Waals surface area contributed by atoms with E-state index in [1.807, 2.05) is 58.9 Å². The van der Waals surface area contributed by atoms with Gasteiger partial charge in [0, 0.05) is 6.04 Å². The van der Waals surface area contributed by atoms with Gasteiger partial charge < -0.3 is 14.5 Å². The van der Waals surface area contributed by atoms with Crippen LogP contribution in [0.5, 0.6) is 0 Å². The molecule has 2 amide bonds. The third-order valence-corrected chi connectivity index (χ3v) is 4.57. The molecule has 1 aliphatic heterocycles. The zero-order valence-corrected chi connectivity index (χ0v) is 16.2. The molecule has 0 spiro atoms. The van der Waals surface area contributed by atoms with Gasteiger partial charge in [-0.15, -0.1) is 0 Å². The Labute approximate surface area is 155 Å². The van der Waals surface area contributed by atoms with Crippen molar-refractivity contribution in [3.05, 3.63) is 35.4 Å². The number of aryl methyl sites for hydroxylation is 1. The number of hydrogen-bond donors (Lipinski definition) is 0. The first-order valence-electron chi connectivity index (χ1n) is 9.01. The Hall–Kier alpha value is -2.37. The SMILES string of the molecule is Cc1ccc(COC(=O)CN2C(=O)CN(C(C)C)C(=O)[C@@H]2C(C)C)cc1. The van der Waals surface area contributed by atoms with E-state index in [2.05, 4.69) is 0 Å². The molecule has 1 heterocycles. The highest BCUT2D eigenvalue weighted by molar-refractivity contribution is 5.96. The van der Waals surface area contributed by atoms with Crippen molar-refractivity contribution in [2.75, 3.05) is 13.1 Å². The van der Waals surface area contributed by atoms with Gasteiger partial charge in [-0.1, -0.05) is 43.7 Å². The van der Waals surface area contributed by atoms with Crippen molar-refractivity contribution < 1.29 is 19.1 Å². The standard InChI is InChI=1S/C20H28N2O4/c1-13(2)19-20(25)21(14(3)4)10-17(23)22(19)11-18(24)26-12-16-8-6-15(5)7-9-16/h6-9,13-14,19H,10-12H2,1-5H3/t19-/m0/s1. The van der Waals surface area contributed by atoms with Gasteiger partial charge in [0.15, 0.2) is 0 Å². The Kier molecular flexibility index (Phi) is 6.40. The van der Waals surface area contributed by atoms with Gasteiger partial charge in [-0.2, -0.15) is 0 Å². The highest BCUT2D eigenvalue weighted by atomic mass is 16.5. The molecule has 6 nitrogen and oxygen atoms in total. The zero-order valence-electron chi connectivity index (χ0n) is 16.2. The summed E-state index contributed by atoms with van der Waals surface area (Å²) in [5.74, 6) is -0.918. The fourth-order valence-electron chi connectivity index (χ4n) is 3.07. The largest absolute Gasteiger partial charge is 0.459 e. The fourth-order valence-corrected chi connectivity index (χ4v) is 3.07. The first kappa shape index (κ1) is 19.9. The molecule has 1 aromatic carbocycles. The lowest BCUT2D eigenvalue weighted by molar-refractivity contribution is -0.164. The molecule has 0 aromatic heterocycles. The van der Waals surface area contributed by atoms with Crippen molar-refractivity contribution in [3.63, 3.8) is 0 Å². The van der Waals surface area contributed by atoms with Crippen LogP contribution in [0.4, 0.5) is 0 Å². The second kappa shape index (κ2) is 8.34. The lowest BCUT2D eigenvalue weighted by Crippen LogP contribution is -2.63. The fraction of sp³-hybridized carbons (Fsp3) is 0.550. The molecule has 1 saturated heterocycles. The van der Waals surface area contributed by atoms with Crippen molar-refractivity contribution in [1.82, 2.24) is 9.80 Å². The molecule has 0 radical (unpaired) electrons. The predicted molar refractivity (Wildman–Crippen MR) is 98.2 cm³/mol. The van der Waals surface area contributed by atoms with Gasteiger partial charge in [-0.3, -0.25) is 14.4 Å². The normalized spacial score (nSPS) is 18.0. The topological polar surface area (TPSA) is 66.9 Å². The Bertz CT molecular complexity index is 667. The van der Waals surface area contributed by atoms with E-state index in [0.717, 1.165) is 11.1 Å². The number of rotatable bonds is 6. The van der Waals surface area contributed by atoms with Crippen LogP contribution in [0.3, 0.4) is 0 Å². The van der Waals surface area contributed by atoms with Crippen molar-refractivity contribution in [2.45, 2.75) is 53.3 Å². The third-order valence-electron chi connectivity index (χ3n) is 4.57. The number of benzene rings is 1. The minimum Gasteiger partial charge on any atom is -0.459 e. The van der Waals surface area contributed by atoms with Crippen LogP contribution in [0.1, 0.15) is 38.8 Å². The molecule has 26 heavy (non-hydrogen) atoms. The zero-order chi connectivity index (χ0) is 19.4. The van der Waals surface area contributed by atoms with E-state index in [-0.39, 0.29) is 43.5 Å². The van der Waals surface area contributed by atoms with Gasteiger partial charge in [0.2, 0.25) is 11.8 Å². The first-order valence-corrected chi connectivity index (χ1v) is 9.01. The Balaban J connectivity index is 2.03. The van der Waals surface area contributed by atoms with Crippen LogP contribution in [0, 0.1) is 12.8 Å². The van der Waals surface area contributed by atoms with Gasteiger partial charge >= 0.3 is 5.97 Å². The number of ether oxygens (including phenoxy) is 1. The lowest BCUT2D eigenvalue weighted by atomic mass is 9.97. The maximum absolute atomic E-state index is 12.7. The minimum absolute atomic E-state index is 0.00492. The quantitative estimate of drug-likeness (QED) is 0.729. The molecule has 2 rings (SSSR count). The van der Waals surface area contributed by atoms with Crippen molar-refractivity contribution in [1.29, 1.82) is 0 Å². The van der Waals surface area contributed by atoms with Crippen LogP contribution >= 0.6 is 0 Å². The molecule has 0 saturated carbocycles. The number of hydrogen-bond acceptors (Lipinski definition) is 4. The number of carbonyl (C=O) groups excluding carboxylic acids is 3. The summed E-state index contributed by atoms with van der Waals surface area (Å²) in [5.41, 5.74) is 2.02. The van der Waals surface area contributed by atoms with E-state index in [1.165, 1.54) is 4.90 Å². The van der Waals surface area contributed by atoms with Gasteiger partial charge in [0.25, 0.3) is 0 Å². The second-order valence-electron chi connectivity index (χ2n) is 7.42. The third kappa shape index (κ3) is 4.62. The Morgan fingerprint density at radius 2 is 1.77 bits per heavy atom. The molecular weight excluding hydrogens is 332 g/mol. The van der Waals surface area contributed by atoms with Crippen LogP contribution in [0.25, 0.3) is 0 Å². The van der Waals surface area contributed by atoms with E-state index >= 15 is 0 Å². The molecule has 0 bridgehead atoms. The van der Waals surface area contributed by atoms with E-state index in [9.17, 15) is 14.4 Å². The van der Waals surface area contributed by atoms with E-state index in [4.69, 9.17) is 4.74 Å². The maximum Gasteiger partial charge on any atom is 0.326 e. The summed E-state index contributed by atoms with van der Waals surface area (Å²) in [6.45, 7) is 9.47. The highest BCUT2D eigenvalue weighted by Gasteiger charge is 2.42. The maximum atomic E-state index is 12.7. The first-order chi connectivity index (χ1) is 12.2. The summed E-state index contributed by atoms with van der Waals surface area (Å²) in [6.07, 6.45) is 0. The van der Waals surface area contributed by atoms with Gasteiger partial charge in [0.1, 0.15) is 25.7 Å². The second-order valence-corrected chi connectivity index (χ2v) is 7.42. The number of nitrogens with zero attached hydrogens (tertiary/aromatic N) is 2. The van der Waals surface area contributed by atoms with Crippen LogP contribution in [-0.4, -0.2) is 52.8 Å². The van der Waals surface area contributed by atoms with Crippen LogP contribution < -0.4 is 0 Å². The van der Waals surface area contributed by atoms with Crippen LogP contribution in [-0.2, 0) is 25.7 Å². The Morgan fingerprint density at radius 3 is 2.31 bits per heavy atom. The average molecular weight is 360 g/mol. The number of esters is 1. The number of carbonyl (C=O) groups is 3. The van der Waals surface area contributed by atoms with Gasteiger partial charge in [-0.25, -0.2) is 0 Å². The minimum atomic E-state index is -0.634. The van der Waals surface area contributed by atoms with Crippen LogP contribution in [0.2, 0.25) is 0 Å². The van der Waals surface area contributed by atoms with Crippen molar-refractivity contribution in [2.24, 2.45) is 5.92 Å². The molecular formula is C20H28N2O4. The monoisotopic (exact) mass is 360 g/mol. The van der Waals surface area contributed by atoms with E-state index < -0.39 is 12.0 Å². The van der Waals surface area contributed by atoms with Crippen molar-refractivity contribution >= 4 is 17.8 Å². The number of piperazine rings is 1. The summed E-state index contributed by atoms with van der Waals surface area (Å²) in [7, 11) is 0. The lowest BCUT2D eigenvalue weighted by Gasteiger charge is -2.43. The molecule has 1 aromatic rings. The molecule has 6 heteroatoms.